The van der Waals surface area contributed by atoms with E-state index >= 15 is 0 Å². The van der Waals surface area contributed by atoms with Gasteiger partial charge in [-0.05, 0) is 43.9 Å². The maximum absolute atomic E-state index is 9.63. The predicted molar refractivity (Wildman–Crippen MR) is 101 cm³/mol. The minimum Gasteiger partial charge on any atom is -0.384 e. The SMILES string of the molecule is C=C1CCC(C#N)(CNc2cccc(-c3cc(N)ncc3Cl)n2)CC1. The van der Waals surface area contributed by atoms with E-state index in [9.17, 15) is 5.26 Å². The van der Waals surface area contributed by atoms with Crippen LogP contribution < -0.4 is 11.1 Å². The average Bonchev–Trinajstić information content (AvgIpc) is 2.64. The van der Waals surface area contributed by atoms with E-state index in [0.29, 0.717) is 28.9 Å². The number of nitrogens with two attached hydrogens (primary N) is 1. The van der Waals surface area contributed by atoms with Crippen LogP contribution in [0.25, 0.3) is 11.3 Å². The number of hydrogen-bond donors (Lipinski definition) is 2. The highest BCUT2D eigenvalue weighted by Crippen LogP contribution is 2.38. The van der Waals surface area contributed by atoms with Crippen LogP contribution in [0.2, 0.25) is 5.02 Å². The molecule has 0 saturated heterocycles. The van der Waals surface area contributed by atoms with Crippen molar-refractivity contribution in [1.29, 1.82) is 5.26 Å². The predicted octanol–water partition coefficient (Wildman–Crippen LogP) is 4.43. The number of nitrogen functional groups attached to an aromatic ring is 1. The van der Waals surface area contributed by atoms with Crippen LogP contribution in [0.15, 0.2) is 42.6 Å². The average molecular weight is 354 g/mol. The minimum absolute atomic E-state index is 0.363. The number of nitrogens with zero attached hydrogens (tertiary/aromatic N) is 3. The summed E-state index contributed by atoms with van der Waals surface area (Å²) in [7, 11) is 0. The van der Waals surface area contributed by atoms with E-state index in [1.807, 2.05) is 18.2 Å². The van der Waals surface area contributed by atoms with E-state index in [1.165, 1.54) is 11.8 Å². The summed E-state index contributed by atoms with van der Waals surface area (Å²) in [4.78, 5) is 8.57. The van der Waals surface area contributed by atoms with Crippen molar-refractivity contribution in [3.63, 3.8) is 0 Å². The molecule has 0 unspecified atom stereocenters. The summed E-state index contributed by atoms with van der Waals surface area (Å²) in [6.45, 7) is 4.59. The van der Waals surface area contributed by atoms with Crippen LogP contribution in [0.4, 0.5) is 11.6 Å². The van der Waals surface area contributed by atoms with Crippen molar-refractivity contribution in [2.75, 3.05) is 17.6 Å². The summed E-state index contributed by atoms with van der Waals surface area (Å²) in [5.41, 5.74) is 8.07. The largest absolute Gasteiger partial charge is 0.384 e. The molecule has 1 aliphatic carbocycles. The summed E-state index contributed by atoms with van der Waals surface area (Å²) >= 11 is 6.21. The van der Waals surface area contributed by atoms with Gasteiger partial charge in [-0.3, -0.25) is 0 Å². The van der Waals surface area contributed by atoms with E-state index < -0.39 is 0 Å². The lowest BCUT2D eigenvalue weighted by molar-refractivity contribution is 0.323. The second-order valence-electron chi connectivity index (χ2n) is 6.49. The van der Waals surface area contributed by atoms with E-state index in [-0.39, 0.29) is 5.41 Å². The van der Waals surface area contributed by atoms with Crippen LogP contribution >= 0.6 is 11.6 Å². The van der Waals surface area contributed by atoms with Crippen molar-refractivity contribution < 1.29 is 0 Å². The Labute approximate surface area is 152 Å². The van der Waals surface area contributed by atoms with Gasteiger partial charge in [-0.25, -0.2) is 9.97 Å². The van der Waals surface area contributed by atoms with Gasteiger partial charge in [0.05, 0.1) is 22.2 Å². The third kappa shape index (κ3) is 3.92. The normalized spacial score (nSPS) is 16.2. The smallest absolute Gasteiger partial charge is 0.126 e. The van der Waals surface area contributed by atoms with E-state index in [1.54, 1.807) is 6.07 Å². The van der Waals surface area contributed by atoms with Crippen LogP contribution in [0.5, 0.6) is 0 Å². The second kappa shape index (κ2) is 7.12. The summed E-state index contributed by atoms with van der Waals surface area (Å²) in [5, 5.41) is 13.4. The Hall–Kier alpha value is -2.58. The van der Waals surface area contributed by atoms with Crippen LogP contribution in [0.1, 0.15) is 25.7 Å². The van der Waals surface area contributed by atoms with Gasteiger partial charge in [0.1, 0.15) is 11.6 Å². The number of rotatable bonds is 4. The Morgan fingerprint density at radius 1 is 1.36 bits per heavy atom. The zero-order chi connectivity index (χ0) is 17.9. The molecule has 0 aliphatic heterocycles. The Morgan fingerprint density at radius 3 is 2.84 bits per heavy atom. The fraction of sp³-hybridized carbons (Fsp3) is 0.316. The lowest BCUT2D eigenvalue weighted by atomic mass is 9.74. The number of halogens is 1. The molecule has 1 saturated carbocycles. The number of pyridine rings is 2. The molecule has 2 heterocycles. The molecule has 25 heavy (non-hydrogen) atoms. The van der Waals surface area contributed by atoms with Gasteiger partial charge >= 0.3 is 0 Å². The summed E-state index contributed by atoms with van der Waals surface area (Å²) < 4.78 is 0. The minimum atomic E-state index is -0.363. The first kappa shape index (κ1) is 17.2. The number of nitrogens with one attached hydrogen (secondary N) is 1. The first-order valence-corrected chi connectivity index (χ1v) is 8.59. The lowest BCUT2D eigenvalue weighted by Crippen LogP contribution is -2.31. The van der Waals surface area contributed by atoms with Gasteiger partial charge < -0.3 is 11.1 Å². The molecule has 0 radical (unpaired) electrons. The van der Waals surface area contributed by atoms with E-state index in [4.69, 9.17) is 17.3 Å². The summed E-state index contributed by atoms with van der Waals surface area (Å²) in [6, 6.07) is 9.86. The number of aromatic nitrogens is 2. The highest BCUT2D eigenvalue weighted by atomic mass is 35.5. The molecule has 0 bridgehead atoms. The van der Waals surface area contributed by atoms with Crippen LogP contribution in [0.3, 0.4) is 0 Å². The third-order valence-electron chi connectivity index (χ3n) is 4.66. The van der Waals surface area contributed by atoms with Gasteiger partial charge in [0.25, 0.3) is 0 Å². The van der Waals surface area contributed by atoms with Gasteiger partial charge in [0.2, 0.25) is 0 Å². The highest BCUT2D eigenvalue weighted by molar-refractivity contribution is 6.33. The Balaban J connectivity index is 1.77. The van der Waals surface area contributed by atoms with Crippen molar-refractivity contribution in [2.45, 2.75) is 25.7 Å². The zero-order valence-electron chi connectivity index (χ0n) is 13.9. The van der Waals surface area contributed by atoms with E-state index in [2.05, 4.69) is 27.9 Å². The van der Waals surface area contributed by atoms with Gasteiger partial charge in [0, 0.05) is 18.3 Å². The Kier molecular flexibility index (Phi) is 4.91. The first-order chi connectivity index (χ1) is 12.0. The van der Waals surface area contributed by atoms with Crippen LogP contribution in [0, 0.1) is 16.7 Å². The molecule has 1 fully saturated rings. The molecule has 128 valence electrons. The number of nitriles is 1. The van der Waals surface area contributed by atoms with Crippen molar-refractivity contribution in [2.24, 2.45) is 5.41 Å². The molecular formula is C19H20ClN5. The molecule has 0 atom stereocenters. The molecule has 0 spiro atoms. The van der Waals surface area contributed by atoms with Crippen molar-refractivity contribution in [3.8, 4) is 17.3 Å². The molecule has 3 N–H and O–H groups in total. The molecule has 2 aromatic rings. The van der Waals surface area contributed by atoms with E-state index in [0.717, 1.165) is 31.2 Å². The standard InChI is InChI=1S/C19H20ClN5/c1-13-5-7-19(11-21,8-6-13)12-24-18-4-2-3-16(25-18)14-9-17(22)23-10-15(14)20/h2-4,9-10H,1,5-8,12H2,(H2,22,23)(H,24,25). The van der Waals surface area contributed by atoms with Crippen molar-refractivity contribution in [1.82, 2.24) is 9.97 Å². The molecule has 6 heteroatoms. The third-order valence-corrected chi connectivity index (χ3v) is 4.96. The number of allylic oxidation sites excluding steroid dienone is 1. The molecule has 5 nitrogen and oxygen atoms in total. The quantitative estimate of drug-likeness (QED) is 0.794. The molecule has 2 aromatic heterocycles. The van der Waals surface area contributed by atoms with Crippen molar-refractivity contribution in [3.05, 3.63) is 47.6 Å². The molecular weight excluding hydrogens is 334 g/mol. The molecule has 0 amide bonds. The molecule has 0 aromatic carbocycles. The topological polar surface area (TPSA) is 87.6 Å². The summed E-state index contributed by atoms with van der Waals surface area (Å²) in [6.07, 6.45) is 5.01. The number of hydrogen-bond acceptors (Lipinski definition) is 5. The van der Waals surface area contributed by atoms with Crippen LogP contribution in [-0.4, -0.2) is 16.5 Å². The highest BCUT2D eigenvalue weighted by Gasteiger charge is 2.33. The maximum atomic E-state index is 9.63. The number of anilines is 2. The van der Waals surface area contributed by atoms with Gasteiger partial charge in [0.15, 0.2) is 0 Å². The summed E-state index contributed by atoms with van der Waals surface area (Å²) in [5.74, 6) is 1.11. The van der Waals surface area contributed by atoms with Crippen LogP contribution in [-0.2, 0) is 0 Å². The van der Waals surface area contributed by atoms with Crippen molar-refractivity contribution >= 4 is 23.2 Å². The fourth-order valence-corrected chi connectivity index (χ4v) is 3.20. The molecule has 1 aliphatic rings. The second-order valence-corrected chi connectivity index (χ2v) is 6.90. The fourth-order valence-electron chi connectivity index (χ4n) is 3.00. The Morgan fingerprint density at radius 2 is 2.12 bits per heavy atom. The van der Waals surface area contributed by atoms with Gasteiger partial charge in [-0.15, -0.1) is 0 Å². The molecule has 3 rings (SSSR count). The first-order valence-electron chi connectivity index (χ1n) is 8.22. The lowest BCUT2D eigenvalue weighted by Gasteiger charge is -2.32. The van der Waals surface area contributed by atoms with Gasteiger partial charge in [-0.1, -0.05) is 29.8 Å². The monoisotopic (exact) mass is 353 g/mol. The Bertz CT molecular complexity index is 830. The van der Waals surface area contributed by atoms with Gasteiger partial charge in [-0.2, -0.15) is 5.26 Å². The zero-order valence-corrected chi connectivity index (χ0v) is 14.7. The maximum Gasteiger partial charge on any atom is 0.126 e.